The Hall–Kier alpha value is -4.59. The summed E-state index contributed by atoms with van der Waals surface area (Å²) < 4.78 is 28.2. The molecule has 0 bridgehead atoms. The van der Waals surface area contributed by atoms with Gasteiger partial charge in [-0.1, -0.05) is 46.9 Å². The molecule has 0 spiro atoms. The van der Waals surface area contributed by atoms with E-state index in [1.165, 1.54) is 4.90 Å². The van der Waals surface area contributed by atoms with E-state index in [9.17, 15) is 19.7 Å². The zero-order valence-electron chi connectivity index (χ0n) is 28.9. The molecule has 3 aliphatic rings. The van der Waals surface area contributed by atoms with Crippen LogP contribution in [0.3, 0.4) is 0 Å². The van der Waals surface area contributed by atoms with Crippen molar-refractivity contribution in [1.82, 2.24) is 9.80 Å². The Morgan fingerprint density at radius 1 is 0.925 bits per heavy atom. The Morgan fingerprint density at radius 3 is 2.30 bits per heavy atom. The number of aryl methyl sites for hydroxylation is 1. The van der Waals surface area contributed by atoms with Gasteiger partial charge in [0.05, 0.1) is 29.8 Å². The number of benzene rings is 3. The van der Waals surface area contributed by atoms with Gasteiger partial charge in [-0.2, -0.15) is 0 Å². The number of carbonyl (C=O) groups excluding carboxylic acids is 2. The molecular formula is C37H38Cl3N3O10. The number of fused-ring (bicyclic) bond motifs is 1. The predicted octanol–water partition coefficient (Wildman–Crippen LogP) is 7.92. The molecule has 0 atom stereocenters. The van der Waals surface area contributed by atoms with Crippen LogP contribution in [0.15, 0.2) is 54.1 Å². The molecule has 0 saturated heterocycles. The average Bonchev–Trinajstić information content (AvgIpc) is 3.88. The third-order valence-corrected chi connectivity index (χ3v) is 9.81. The maximum absolute atomic E-state index is 14.6. The molecule has 16 heteroatoms. The van der Waals surface area contributed by atoms with Crippen molar-refractivity contribution >= 4 is 52.4 Å². The van der Waals surface area contributed by atoms with E-state index >= 15 is 0 Å². The van der Waals surface area contributed by atoms with Gasteiger partial charge in [0.1, 0.15) is 19.0 Å². The highest BCUT2D eigenvalue weighted by Gasteiger charge is 2.38. The Bertz CT molecular complexity index is 1850. The first-order valence-electron chi connectivity index (χ1n) is 17.2. The molecule has 1 fully saturated rings. The summed E-state index contributed by atoms with van der Waals surface area (Å²) in [6, 6.07) is 14.5. The summed E-state index contributed by atoms with van der Waals surface area (Å²) >= 11 is 19.2. The van der Waals surface area contributed by atoms with Gasteiger partial charge in [0.25, 0.3) is 11.0 Å². The third kappa shape index (κ3) is 9.89. The number of hydrogen-bond acceptors (Lipinski definition) is 10. The summed E-state index contributed by atoms with van der Waals surface area (Å²) in [4.78, 5) is 45.7. The number of amides is 2. The molecule has 3 aromatic rings. The van der Waals surface area contributed by atoms with Crippen LogP contribution in [0.5, 0.6) is 23.0 Å². The van der Waals surface area contributed by atoms with E-state index in [1.807, 2.05) is 36.1 Å². The lowest BCUT2D eigenvalue weighted by molar-refractivity contribution is -0.757. The first-order valence-corrected chi connectivity index (χ1v) is 18.3. The Morgan fingerprint density at radius 2 is 1.60 bits per heavy atom. The Kier molecular flexibility index (Phi) is 12.6. The van der Waals surface area contributed by atoms with Crippen LogP contribution in [0.25, 0.3) is 5.57 Å². The van der Waals surface area contributed by atoms with Crippen molar-refractivity contribution in [2.24, 2.45) is 0 Å². The number of halogens is 3. The smallest absolute Gasteiger partial charge is 0.410 e. The normalized spacial score (nSPS) is 14.9. The molecule has 2 amide bonds. The number of hydrogen-bond donors (Lipinski definition) is 0. The molecule has 0 unspecified atom stereocenters. The van der Waals surface area contributed by atoms with Gasteiger partial charge in [-0.25, -0.2) is 4.79 Å². The molecule has 53 heavy (non-hydrogen) atoms. The molecule has 0 radical (unpaired) electrons. The summed E-state index contributed by atoms with van der Waals surface area (Å²) in [6.07, 6.45) is 2.27. The Labute approximate surface area is 321 Å². The van der Waals surface area contributed by atoms with Crippen LogP contribution in [0.1, 0.15) is 48.8 Å². The second-order valence-corrected chi connectivity index (χ2v) is 14.0. The standard InChI is InChI=1S/C37H38Cl3N3O10/c1-23-16-31(39)35(32(40)17-23)49-15-14-48-27-8-4-24(5-9-27)28-10-11-41(37(45)50-12-2-3-13-53-43(46)47)21-29(28)36(44)42(26-6-7-26)20-25-18-33-34(19-30(25)38)52-22-51-33/h4-5,8-9,16-19,26H,2-3,6-7,10-15,20-22H2,1H3. The highest BCUT2D eigenvalue weighted by atomic mass is 35.5. The van der Waals surface area contributed by atoms with E-state index in [0.717, 1.165) is 35.1 Å². The van der Waals surface area contributed by atoms with Crippen molar-refractivity contribution in [2.75, 3.05) is 46.3 Å². The lowest BCUT2D eigenvalue weighted by Crippen LogP contribution is -2.43. The van der Waals surface area contributed by atoms with Crippen LogP contribution in [0, 0.1) is 17.0 Å². The predicted molar refractivity (Wildman–Crippen MR) is 196 cm³/mol. The van der Waals surface area contributed by atoms with Gasteiger partial charge >= 0.3 is 6.09 Å². The zero-order valence-corrected chi connectivity index (χ0v) is 31.2. The monoisotopic (exact) mass is 789 g/mol. The van der Waals surface area contributed by atoms with Gasteiger partial charge in [-0.15, -0.1) is 10.1 Å². The van der Waals surface area contributed by atoms with E-state index < -0.39 is 11.2 Å². The van der Waals surface area contributed by atoms with Gasteiger partial charge < -0.3 is 38.3 Å². The van der Waals surface area contributed by atoms with Crippen molar-refractivity contribution in [1.29, 1.82) is 0 Å². The minimum atomic E-state index is -0.857. The van der Waals surface area contributed by atoms with Gasteiger partial charge in [0.2, 0.25) is 6.79 Å². The van der Waals surface area contributed by atoms with Crippen LogP contribution in [-0.4, -0.2) is 79.2 Å². The quantitative estimate of drug-likeness (QED) is 0.0799. The molecule has 3 aromatic carbocycles. The van der Waals surface area contributed by atoms with Crippen molar-refractivity contribution in [2.45, 2.75) is 51.6 Å². The van der Waals surface area contributed by atoms with Gasteiger partial charge in [-0.3, -0.25) is 4.79 Å². The second kappa shape index (κ2) is 17.5. The first-order chi connectivity index (χ1) is 25.6. The summed E-state index contributed by atoms with van der Waals surface area (Å²) in [7, 11) is 0. The van der Waals surface area contributed by atoms with E-state index in [1.54, 1.807) is 24.3 Å². The molecule has 13 nitrogen and oxygen atoms in total. The molecule has 6 rings (SSSR count). The lowest BCUT2D eigenvalue weighted by Gasteiger charge is -2.33. The Balaban J connectivity index is 1.17. The molecule has 282 valence electrons. The van der Waals surface area contributed by atoms with Crippen molar-refractivity contribution < 1.29 is 43.2 Å². The topological polar surface area (TPSA) is 139 Å². The molecule has 1 saturated carbocycles. The van der Waals surface area contributed by atoms with E-state index in [2.05, 4.69) is 4.84 Å². The number of ether oxygens (including phenoxy) is 5. The summed E-state index contributed by atoms with van der Waals surface area (Å²) in [5.41, 5.74) is 3.77. The molecule has 2 aliphatic heterocycles. The number of carbonyl (C=O) groups is 2. The first kappa shape index (κ1) is 38.1. The van der Waals surface area contributed by atoms with Crippen molar-refractivity contribution in [3.63, 3.8) is 0 Å². The minimum absolute atomic E-state index is 0.0177. The number of unbranched alkanes of at least 4 members (excludes halogenated alkanes) is 1. The maximum Gasteiger partial charge on any atom is 0.410 e. The third-order valence-electron chi connectivity index (χ3n) is 8.90. The summed E-state index contributed by atoms with van der Waals surface area (Å²) in [6.45, 7) is 3.05. The maximum atomic E-state index is 14.6. The SMILES string of the molecule is Cc1cc(Cl)c(OCCOc2ccc(C3=C(C(=O)N(Cc4cc5c(cc4Cl)OCO5)C4CC4)CN(C(=O)OCCCCO[N+](=O)[O-])CC3)cc2)c(Cl)c1. The fraction of sp³-hybridized carbons (Fsp3) is 0.405. The van der Waals surface area contributed by atoms with Crippen LogP contribution in [0.2, 0.25) is 15.1 Å². The van der Waals surface area contributed by atoms with Crippen LogP contribution < -0.4 is 18.9 Å². The number of rotatable bonds is 16. The largest absolute Gasteiger partial charge is 0.490 e. The molecule has 0 aromatic heterocycles. The van der Waals surface area contributed by atoms with Crippen LogP contribution >= 0.6 is 34.8 Å². The fourth-order valence-electron chi connectivity index (χ4n) is 6.10. The fourth-order valence-corrected chi connectivity index (χ4v) is 7.02. The molecule has 2 heterocycles. The lowest BCUT2D eigenvalue weighted by atomic mass is 9.92. The molecule has 0 N–H and O–H groups in total. The summed E-state index contributed by atoms with van der Waals surface area (Å²) in [5, 5.41) is 10.8. The molecular weight excluding hydrogens is 753 g/mol. The average molecular weight is 791 g/mol. The number of nitrogens with zero attached hydrogens (tertiary/aromatic N) is 3. The van der Waals surface area contributed by atoms with Crippen LogP contribution in [0.4, 0.5) is 4.79 Å². The highest BCUT2D eigenvalue weighted by Crippen LogP contribution is 2.40. The molecule has 1 aliphatic carbocycles. The zero-order chi connectivity index (χ0) is 37.5. The van der Waals surface area contributed by atoms with E-state index in [0.29, 0.717) is 69.4 Å². The van der Waals surface area contributed by atoms with E-state index in [4.69, 9.17) is 58.5 Å². The van der Waals surface area contributed by atoms with Gasteiger partial charge in [0.15, 0.2) is 17.2 Å². The van der Waals surface area contributed by atoms with Crippen molar-refractivity contribution in [3.8, 4) is 23.0 Å². The van der Waals surface area contributed by atoms with Crippen LogP contribution in [-0.2, 0) is 20.9 Å². The second-order valence-electron chi connectivity index (χ2n) is 12.7. The van der Waals surface area contributed by atoms with Gasteiger partial charge in [0, 0.05) is 35.8 Å². The highest BCUT2D eigenvalue weighted by molar-refractivity contribution is 6.37. The minimum Gasteiger partial charge on any atom is -0.490 e. The van der Waals surface area contributed by atoms with Crippen molar-refractivity contribution in [3.05, 3.63) is 96.0 Å². The van der Waals surface area contributed by atoms with Gasteiger partial charge in [-0.05, 0) is 91.6 Å². The summed E-state index contributed by atoms with van der Waals surface area (Å²) in [5.74, 6) is 1.94. The van der Waals surface area contributed by atoms with E-state index in [-0.39, 0.29) is 58.3 Å².